The Morgan fingerprint density at radius 1 is 1.16 bits per heavy atom. The summed E-state index contributed by atoms with van der Waals surface area (Å²) in [6.45, 7) is 1.39. The summed E-state index contributed by atoms with van der Waals surface area (Å²) in [6, 6.07) is 0.399. The van der Waals surface area contributed by atoms with Crippen molar-refractivity contribution in [2.45, 2.75) is 70.0 Å². The van der Waals surface area contributed by atoms with Gasteiger partial charge in [0.1, 0.15) is 6.54 Å². The molecule has 1 saturated heterocycles. The largest absolute Gasteiger partial charge is 0.352 e. The average molecular weight is 347 g/mol. The summed E-state index contributed by atoms with van der Waals surface area (Å²) in [4.78, 5) is 26.7. The Hall–Kier alpha value is -1.89. The molecular weight excluding hydrogens is 318 g/mol. The van der Waals surface area contributed by atoms with E-state index in [4.69, 9.17) is 5.73 Å². The molecule has 7 heteroatoms. The second-order valence-electron chi connectivity index (χ2n) is 7.21. The number of aromatic nitrogens is 2. The third kappa shape index (κ3) is 4.60. The van der Waals surface area contributed by atoms with E-state index in [1.165, 1.54) is 19.3 Å². The molecule has 1 aliphatic carbocycles. The molecule has 0 bridgehead atoms. The van der Waals surface area contributed by atoms with Crippen LogP contribution in [0.4, 0.5) is 0 Å². The fraction of sp³-hybridized carbons (Fsp3) is 0.722. The maximum atomic E-state index is 12.7. The normalized spacial score (nSPS) is 22.0. The molecule has 3 N–H and O–H groups in total. The molecule has 7 nitrogen and oxygen atoms in total. The number of amides is 2. The third-order valence-corrected chi connectivity index (χ3v) is 5.32. The van der Waals surface area contributed by atoms with Gasteiger partial charge in [0.15, 0.2) is 0 Å². The van der Waals surface area contributed by atoms with Gasteiger partial charge in [-0.05, 0) is 32.1 Å². The zero-order valence-corrected chi connectivity index (χ0v) is 14.8. The molecule has 0 spiro atoms. The molecule has 0 radical (unpaired) electrons. The molecule has 1 saturated carbocycles. The first-order valence-electron chi connectivity index (χ1n) is 9.50. The summed E-state index contributed by atoms with van der Waals surface area (Å²) < 4.78 is 1.55. The van der Waals surface area contributed by atoms with Crippen molar-refractivity contribution in [1.29, 1.82) is 0 Å². The van der Waals surface area contributed by atoms with E-state index in [-0.39, 0.29) is 30.4 Å². The molecule has 0 aromatic carbocycles. The third-order valence-electron chi connectivity index (χ3n) is 5.32. The van der Waals surface area contributed by atoms with Crippen LogP contribution in [0.5, 0.6) is 0 Å². The Morgan fingerprint density at radius 2 is 1.92 bits per heavy atom. The van der Waals surface area contributed by atoms with Crippen LogP contribution in [0, 0.1) is 0 Å². The number of hydrogen-bond acceptors (Lipinski definition) is 4. The smallest absolute Gasteiger partial charge is 0.257 e. The lowest BCUT2D eigenvalue weighted by molar-refractivity contribution is -0.122. The van der Waals surface area contributed by atoms with Gasteiger partial charge in [-0.3, -0.25) is 14.3 Å². The lowest BCUT2D eigenvalue weighted by Gasteiger charge is -2.34. The molecule has 1 atom stereocenters. The highest BCUT2D eigenvalue weighted by Crippen LogP contribution is 2.19. The minimum atomic E-state index is -0.0354. The Bertz CT molecular complexity index is 594. The van der Waals surface area contributed by atoms with Gasteiger partial charge in [0, 0.05) is 31.4 Å². The summed E-state index contributed by atoms with van der Waals surface area (Å²) >= 11 is 0. The molecule has 1 unspecified atom stereocenters. The van der Waals surface area contributed by atoms with Crippen molar-refractivity contribution in [2.75, 3.05) is 13.1 Å². The van der Waals surface area contributed by atoms with Crippen LogP contribution >= 0.6 is 0 Å². The molecular formula is C18H29N5O2. The minimum absolute atomic E-state index is 0.0333. The maximum Gasteiger partial charge on any atom is 0.257 e. The molecule has 2 aliphatic rings. The number of nitrogens with two attached hydrogens (primary N) is 1. The number of hydrogen-bond donors (Lipinski definition) is 2. The minimum Gasteiger partial charge on any atom is -0.352 e. The van der Waals surface area contributed by atoms with Crippen molar-refractivity contribution < 1.29 is 9.59 Å². The van der Waals surface area contributed by atoms with E-state index < -0.39 is 0 Å². The van der Waals surface area contributed by atoms with Crippen LogP contribution in [-0.2, 0) is 11.3 Å². The Balaban J connectivity index is 1.56. The van der Waals surface area contributed by atoms with E-state index in [9.17, 15) is 9.59 Å². The number of carbonyl (C=O) groups is 2. The molecule has 138 valence electrons. The van der Waals surface area contributed by atoms with Crippen molar-refractivity contribution >= 4 is 11.8 Å². The lowest BCUT2D eigenvalue weighted by Crippen LogP contribution is -2.47. The van der Waals surface area contributed by atoms with Crippen LogP contribution in [0.25, 0.3) is 0 Å². The fourth-order valence-corrected chi connectivity index (χ4v) is 3.91. The van der Waals surface area contributed by atoms with Crippen molar-refractivity contribution in [2.24, 2.45) is 5.73 Å². The Kier molecular flexibility index (Phi) is 6.07. The molecule has 1 aromatic rings. The zero-order valence-electron chi connectivity index (χ0n) is 14.8. The molecule has 3 rings (SSSR count). The second kappa shape index (κ2) is 8.47. The maximum absolute atomic E-state index is 12.7. The quantitative estimate of drug-likeness (QED) is 0.839. The summed E-state index contributed by atoms with van der Waals surface area (Å²) in [5, 5.41) is 7.27. The number of carbonyl (C=O) groups excluding carboxylic acids is 2. The number of rotatable bonds is 5. The van der Waals surface area contributed by atoms with Gasteiger partial charge in [0.25, 0.3) is 5.91 Å². The van der Waals surface area contributed by atoms with Crippen LogP contribution in [0.1, 0.15) is 61.7 Å². The molecule has 1 aromatic heterocycles. The first-order chi connectivity index (χ1) is 12.2. The highest BCUT2D eigenvalue weighted by Gasteiger charge is 2.27. The van der Waals surface area contributed by atoms with Gasteiger partial charge in [-0.2, -0.15) is 5.10 Å². The van der Waals surface area contributed by atoms with Gasteiger partial charge in [-0.1, -0.05) is 19.3 Å². The van der Waals surface area contributed by atoms with E-state index in [2.05, 4.69) is 10.4 Å². The van der Waals surface area contributed by atoms with Gasteiger partial charge in [0.2, 0.25) is 5.91 Å². The van der Waals surface area contributed by atoms with Crippen LogP contribution in [-0.4, -0.2) is 51.7 Å². The average Bonchev–Trinajstić information content (AvgIpc) is 3.10. The molecule has 25 heavy (non-hydrogen) atoms. The summed E-state index contributed by atoms with van der Waals surface area (Å²) in [5.41, 5.74) is 6.34. The Morgan fingerprint density at radius 3 is 2.68 bits per heavy atom. The molecule has 2 heterocycles. The predicted molar refractivity (Wildman–Crippen MR) is 95.0 cm³/mol. The summed E-state index contributed by atoms with van der Waals surface area (Å²) in [5.74, 6) is -0.0686. The first kappa shape index (κ1) is 17.9. The summed E-state index contributed by atoms with van der Waals surface area (Å²) in [7, 11) is 0. The van der Waals surface area contributed by atoms with Crippen LogP contribution in [0.15, 0.2) is 12.4 Å². The van der Waals surface area contributed by atoms with E-state index in [0.29, 0.717) is 12.1 Å². The first-order valence-corrected chi connectivity index (χ1v) is 9.50. The predicted octanol–water partition coefficient (Wildman–Crippen LogP) is 1.29. The van der Waals surface area contributed by atoms with Gasteiger partial charge in [0.05, 0.1) is 11.8 Å². The van der Waals surface area contributed by atoms with Gasteiger partial charge in [-0.15, -0.1) is 0 Å². The highest BCUT2D eigenvalue weighted by molar-refractivity contribution is 5.94. The van der Waals surface area contributed by atoms with Crippen molar-refractivity contribution in [3.8, 4) is 0 Å². The molecule has 1 aliphatic heterocycles. The second-order valence-corrected chi connectivity index (χ2v) is 7.21. The lowest BCUT2D eigenvalue weighted by atomic mass is 9.95. The zero-order chi connectivity index (χ0) is 17.6. The Labute approximate surface area is 148 Å². The SMILES string of the molecule is NCC1CCCCN1C(=O)c1cnn(CC(=O)NC2CCCCC2)c1. The van der Waals surface area contributed by atoms with E-state index in [1.807, 2.05) is 4.90 Å². The highest BCUT2D eigenvalue weighted by atomic mass is 16.2. The fourth-order valence-electron chi connectivity index (χ4n) is 3.91. The van der Waals surface area contributed by atoms with Crippen LogP contribution < -0.4 is 11.1 Å². The number of likely N-dealkylation sites (tertiary alicyclic amines) is 1. The number of piperidine rings is 1. The monoisotopic (exact) mass is 347 g/mol. The van der Waals surface area contributed by atoms with Crippen molar-refractivity contribution in [3.63, 3.8) is 0 Å². The molecule has 2 amide bonds. The van der Waals surface area contributed by atoms with Crippen LogP contribution in [0.2, 0.25) is 0 Å². The van der Waals surface area contributed by atoms with Gasteiger partial charge in [-0.25, -0.2) is 0 Å². The van der Waals surface area contributed by atoms with E-state index in [0.717, 1.165) is 38.6 Å². The van der Waals surface area contributed by atoms with Crippen LogP contribution in [0.3, 0.4) is 0 Å². The van der Waals surface area contributed by atoms with Crippen molar-refractivity contribution in [3.05, 3.63) is 18.0 Å². The topological polar surface area (TPSA) is 93.2 Å². The number of nitrogens with one attached hydrogen (secondary N) is 1. The van der Waals surface area contributed by atoms with Gasteiger partial charge >= 0.3 is 0 Å². The van der Waals surface area contributed by atoms with Crippen molar-refractivity contribution in [1.82, 2.24) is 20.0 Å². The molecule has 2 fully saturated rings. The summed E-state index contributed by atoms with van der Waals surface area (Å²) in [6.07, 6.45) is 12.1. The van der Waals surface area contributed by atoms with Gasteiger partial charge < -0.3 is 16.0 Å². The van der Waals surface area contributed by atoms with E-state index in [1.54, 1.807) is 17.1 Å². The standard InChI is InChI=1S/C18H29N5O2/c19-10-16-8-4-5-9-23(16)18(25)14-11-20-22(12-14)13-17(24)21-15-6-2-1-3-7-15/h11-12,15-16H,1-10,13,19H2,(H,21,24). The number of nitrogens with zero attached hydrogens (tertiary/aromatic N) is 3. The van der Waals surface area contributed by atoms with E-state index >= 15 is 0 Å².